The van der Waals surface area contributed by atoms with E-state index in [9.17, 15) is 18.3 Å². The maximum Gasteiger partial charge on any atom is 0.416 e. The molecule has 2 N–H and O–H groups in total. The third-order valence-electron chi connectivity index (χ3n) is 3.11. The molecule has 0 spiro atoms. The van der Waals surface area contributed by atoms with Crippen molar-refractivity contribution in [3.63, 3.8) is 0 Å². The summed E-state index contributed by atoms with van der Waals surface area (Å²) in [5.41, 5.74) is -1.02. The van der Waals surface area contributed by atoms with Crippen LogP contribution < -0.4 is 5.32 Å². The summed E-state index contributed by atoms with van der Waals surface area (Å²) in [5.74, 6) is 0.0550. The first-order chi connectivity index (χ1) is 8.13. The summed E-state index contributed by atoms with van der Waals surface area (Å²) in [7, 11) is 0. The Hall–Kier alpha value is -1.23. The van der Waals surface area contributed by atoms with Gasteiger partial charge in [0.05, 0.1) is 11.2 Å². The third kappa shape index (κ3) is 3.91. The molecule has 0 fully saturated rings. The molecule has 18 heavy (non-hydrogen) atoms. The van der Waals surface area contributed by atoms with Crippen molar-refractivity contribution >= 4 is 5.69 Å². The lowest BCUT2D eigenvalue weighted by Gasteiger charge is -2.28. The van der Waals surface area contributed by atoms with Crippen molar-refractivity contribution in [3.8, 4) is 0 Å². The summed E-state index contributed by atoms with van der Waals surface area (Å²) in [6.07, 6.45) is -4.32. The number of rotatable bonds is 4. The van der Waals surface area contributed by atoms with Crippen molar-refractivity contribution in [1.29, 1.82) is 0 Å². The van der Waals surface area contributed by atoms with E-state index in [0.29, 0.717) is 5.69 Å². The largest absolute Gasteiger partial charge is 0.416 e. The summed E-state index contributed by atoms with van der Waals surface area (Å²) >= 11 is 0. The van der Waals surface area contributed by atoms with Crippen LogP contribution in [-0.2, 0) is 6.18 Å². The summed E-state index contributed by atoms with van der Waals surface area (Å²) in [6.45, 7) is 5.74. The highest BCUT2D eigenvalue weighted by Gasteiger charge is 2.30. The van der Waals surface area contributed by atoms with Crippen molar-refractivity contribution in [2.45, 2.75) is 32.5 Å². The SMILES string of the molecule is CC(C)C(C)(O)CNc1ccc(C(F)(F)F)cc1. The molecule has 1 aromatic carbocycles. The van der Waals surface area contributed by atoms with Gasteiger partial charge in [-0.1, -0.05) is 13.8 Å². The predicted molar refractivity (Wildman–Crippen MR) is 65.4 cm³/mol. The third-order valence-corrected chi connectivity index (χ3v) is 3.11. The van der Waals surface area contributed by atoms with E-state index in [0.717, 1.165) is 12.1 Å². The van der Waals surface area contributed by atoms with Gasteiger partial charge >= 0.3 is 6.18 Å². The maximum atomic E-state index is 12.3. The number of hydrogen-bond acceptors (Lipinski definition) is 2. The molecule has 5 heteroatoms. The molecule has 1 aromatic rings. The van der Waals surface area contributed by atoms with Crippen molar-refractivity contribution < 1.29 is 18.3 Å². The van der Waals surface area contributed by atoms with Crippen molar-refractivity contribution in [2.24, 2.45) is 5.92 Å². The Balaban J connectivity index is 2.65. The average Bonchev–Trinajstić information content (AvgIpc) is 2.25. The van der Waals surface area contributed by atoms with Crippen molar-refractivity contribution in [2.75, 3.05) is 11.9 Å². The first-order valence-electron chi connectivity index (χ1n) is 5.76. The number of nitrogens with one attached hydrogen (secondary N) is 1. The van der Waals surface area contributed by atoms with Crippen LogP contribution in [0.3, 0.4) is 0 Å². The Morgan fingerprint density at radius 2 is 1.67 bits per heavy atom. The molecule has 0 bridgehead atoms. The quantitative estimate of drug-likeness (QED) is 0.869. The number of alkyl halides is 3. The zero-order chi connectivity index (χ0) is 14.0. The van der Waals surface area contributed by atoms with Gasteiger partial charge in [0.1, 0.15) is 0 Å². The van der Waals surface area contributed by atoms with Gasteiger partial charge in [0, 0.05) is 12.2 Å². The highest BCUT2D eigenvalue weighted by atomic mass is 19.4. The normalized spacial score (nSPS) is 15.6. The summed E-state index contributed by atoms with van der Waals surface area (Å²) < 4.78 is 37.0. The van der Waals surface area contributed by atoms with E-state index in [2.05, 4.69) is 5.32 Å². The van der Waals surface area contributed by atoms with Crippen molar-refractivity contribution in [1.82, 2.24) is 0 Å². The van der Waals surface area contributed by atoms with Gasteiger partial charge in [-0.25, -0.2) is 0 Å². The van der Waals surface area contributed by atoms with Gasteiger partial charge in [-0.2, -0.15) is 13.2 Å². The molecule has 0 radical (unpaired) electrons. The molecule has 0 aliphatic heterocycles. The van der Waals surface area contributed by atoms with Gasteiger partial charge in [-0.3, -0.25) is 0 Å². The number of aliphatic hydroxyl groups is 1. The second-order valence-electron chi connectivity index (χ2n) is 4.94. The van der Waals surface area contributed by atoms with E-state index < -0.39 is 17.3 Å². The van der Waals surface area contributed by atoms with E-state index in [1.807, 2.05) is 13.8 Å². The summed E-state index contributed by atoms with van der Waals surface area (Å²) in [4.78, 5) is 0. The van der Waals surface area contributed by atoms with Crippen LogP contribution in [0.1, 0.15) is 26.3 Å². The smallest absolute Gasteiger partial charge is 0.388 e. The predicted octanol–water partition coefficient (Wildman–Crippen LogP) is 3.52. The van der Waals surface area contributed by atoms with Crippen LogP contribution in [0, 0.1) is 5.92 Å². The molecule has 1 atom stereocenters. The van der Waals surface area contributed by atoms with Gasteiger partial charge in [-0.15, -0.1) is 0 Å². The molecule has 0 saturated carbocycles. The molecule has 0 saturated heterocycles. The number of halogens is 3. The van der Waals surface area contributed by atoms with Crippen LogP contribution in [0.4, 0.5) is 18.9 Å². The maximum absolute atomic E-state index is 12.3. The minimum Gasteiger partial charge on any atom is -0.388 e. The Morgan fingerprint density at radius 1 is 1.17 bits per heavy atom. The molecule has 2 nitrogen and oxygen atoms in total. The van der Waals surface area contributed by atoms with E-state index in [1.54, 1.807) is 6.92 Å². The monoisotopic (exact) mass is 261 g/mol. The number of anilines is 1. The molecule has 0 aliphatic carbocycles. The number of benzene rings is 1. The van der Waals surface area contributed by atoms with Gasteiger partial charge in [0.2, 0.25) is 0 Å². The molecule has 0 aromatic heterocycles. The fourth-order valence-electron chi connectivity index (χ4n) is 1.26. The lowest BCUT2D eigenvalue weighted by molar-refractivity contribution is -0.137. The molecular formula is C13H18F3NO. The Labute approximate surface area is 105 Å². The standard InChI is InChI=1S/C13H18F3NO/c1-9(2)12(3,18)8-17-11-6-4-10(5-7-11)13(14,15)16/h4-7,9,17-18H,8H2,1-3H3. The van der Waals surface area contributed by atoms with Gasteiger partial charge in [0.25, 0.3) is 0 Å². The van der Waals surface area contributed by atoms with Crippen LogP contribution in [-0.4, -0.2) is 17.3 Å². The fraction of sp³-hybridized carbons (Fsp3) is 0.538. The van der Waals surface area contributed by atoms with Gasteiger partial charge in [-0.05, 0) is 37.1 Å². The molecule has 0 aliphatic rings. The Morgan fingerprint density at radius 3 is 2.06 bits per heavy atom. The van der Waals surface area contributed by atoms with Crippen LogP contribution in [0.2, 0.25) is 0 Å². The Kier molecular flexibility index (Phi) is 4.27. The van der Waals surface area contributed by atoms with Crippen LogP contribution in [0.15, 0.2) is 24.3 Å². The first kappa shape index (κ1) is 14.8. The molecule has 102 valence electrons. The number of hydrogen-bond donors (Lipinski definition) is 2. The zero-order valence-electron chi connectivity index (χ0n) is 10.7. The highest BCUT2D eigenvalue weighted by molar-refractivity contribution is 5.45. The molecule has 1 unspecified atom stereocenters. The van der Waals surface area contributed by atoms with Crippen LogP contribution >= 0.6 is 0 Å². The minimum atomic E-state index is -4.32. The zero-order valence-corrected chi connectivity index (χ0v) is 10.7. The summed E-state index contributed by atoms with van der Waals surface area (Å²) in [5, 5.41) is 12.9. The molecular weight excluding hydrogens is 243 g/mol. The topological polar surface area (TPSA) is 32.3 Å². The molecule has 0 amide bonds. The van der Waals surface area contributed by atoms with E-state index in [4.69, 9.17) is 0 Å². The second kappa shape index (κ2) is 5.18. The lowest BCUT2D eigenvalue weighted by atomic mass is 9.92. The van der Waals surface area contributed by atoms with Gasteiger partial charge in [0.15, 0.2) is 0 Å². The molecule has 1 rings (SSSR count). The lowest BCUT2D eigenvalue weighted by Crippen LogP contribution is -2.38. The van der Waals surface area contributed by atoms with E-state index in [1.165, 1.54) is 12.1 Å². The highest BCUT2D eigenvalue weighted by Crippen LogP contribution is 2.30. The minimum absolute atomic E-state index is 0.0550. The second-order valence-corrected chi connectivity index (χ2v) is 4.94. The average molecular weight is 261 g/mol. The van der Waals surface area contributed by atoms with Gasteiger partial charge < -0.3 is 10.4 Å². The Bertz CT molecular complexity index is 382. The van der Waals surface area contributed by atoms with Crippen LogP contribution in [0.25, 0.3) is 0 Å². The van der Waals surface area contributed by atoms with E-state index >= 15 is 0 Å². The first-order valence-corrected chi connectivity index (χ1v) is 5.76. The summed E-state index contributed by atoms with van der Waals surface area (Å²) in [6, 6.07) is 4.76. The van der Waals surface area contributed by atoms with E-state index in [-0.39, 0.29) is 12.5 Å². The molecule has 0 heterocycles. The van der Waals surface area contributed by atoms with Crippen LogP contribution in [0.5, 0.6) is 0 Å². The fourth-order valence-corrected chi connectivity index (χ4v) is 1.26. The van der Waals surface area contributed by atoms with Crippen molar-refractivity contribution in [3.05, 3.63) is 29.8 Å².